The smallest absolute Gasteiger partial charge is 0.247 e. The van der Waals surface area contributed by atoms with Crippen LogP contribution in [0.15, 0.2) is 73.3 Å². The van der Waals surface area contributed by atoms with E-state index >= 15 is 0 Å². The van der Waals surface area contributed by atoms with E-state index in [9.17, 15) is 4.79 Å². The number of hydrogen-bond donors (Lipinski definition) is 1. The van der Waals surface area contributed by atoms with Gasteiger partial charge >= 0.3 is 0 Å². The van der Waals surface area contributed by atoms with Gasteiger partial charge in [0.1, 0.15) is 6.04 Å². The molecule has 2 aromatic carbocycles. The number of carbonyl (C=O) groups is 1. The van der Waals surface area contributed by atoms with Gasteiger partial charge in [-0.15, -0.1) is 6.58 Å². The van der Waals surface area contributed by atoms with Crippen LogP contribution in [0.4, 0.5) is 5.69 Å². The van der Waals surface area contributed by atoms with Crippen molar-refractivity contribution in [2.24, 2.45) is 0 Å². The van der Waals surface area contributed by atoms with Crippen LogP contribution in [-0.2, 0) is 4.79 Å². The number of carbonyl (C=O) groups excluding carboxylic acids is 1. The third kappa shape index (κ3) is 4.54. The van der Waals surface area contributed by atoms with Crippen LogP contribution in [0.3, 0.4) is 0 Å². The summed E-state index contributed by atoms with van der Waals surface area (Å²) in [5.41, 5.74) is 2.03. The molecule has 136 valence electrons. The van der Waals surface area contributed by atoms with Gasteiger partial charge in [0.25, 0.3) is 0 Å². The van der Waals surface area contributed by atoms with Gasteiger partial charge < -0.3 is 10.2 Å². The van der Waals surface area contributed by atoms with E-state index in [0.717, 1.165) is 24.1 Å². The van der Waals surface area contributed by atoms with E-state index < -0.39 is 0 Å². The highest BCUT2D eigenvalue weighted by atomic mass is 16.2. The number of benzene rings is 2. The number of para-hydroxylation sites is 1. The van der Waals surface area contributed by atoms with Gasteiger partial charge in [0.2, 0.25) is 5.91 Å². The van der Waals surface area contributed by atoms with Crippen LogP contribution in [0.2, 0.25) is 0 Å². The first-order chi connectivity index (χ1) is 12.8. The van der Waals surface area contributed by atoms with Crippen molar-refractivity contribution in [3.63, 3.8) is 0 Å². The second kappa shape index (κ2) is 9.23. The van der Waals surface area contributed by atoms with Crippen LogP contribution in [0.5, 0.6) is 0 Å². The Hall–Kier alpha value is -2.55. The number of nitrogens with one attached hydrogen (secondary N) is 1. The second-order valence-electron chi connectivity index (χ2n) is 6.93. The lowest BCUT2D eigenvalue weighted by molar-refractivity contribution is -0.123. The van der Waals surface area contributed by atoms with E-state index in [1.54, 1.807) is 0 Å². The van der Waals surface area contributed by atoms with E-state index in [2.05, 4.69) is 16.8 Å². The summed E-state index contributed by atoms with van der Waals surface area (Å²) >= 11 is 0. The predicted molar refractivity (Wildman–Crippen MR) is 108 cm³/mol. The highest BCUT2D eigenvalue weighted by Gasteiger charge is 2.29. The molecular weight excluding hydrogens is 320 g/mol. The van der Waals surface area contributed by atoms with Gasteiger partial charge in [0, 0.05) is 18.3 Å². The summed E-state index contributed by atoms with van der Waals surface area (Å²) in [6.45, 7) is 4.52. The maximum atomic E-state index is 13.3. The number of hydrogen-bond acceptors (Lipinski definition) is 2. The molecule has 0 radical (unpaired) electrons. The fraction of sp³-hybridized carbons (Fsp3) is 0.348. The third-order valence-electron chi connectivity index (χ3n) is 5.04. The summed E-state index contributed by atoms with van der Waals surface area (Å²) in [5, 5.41) is 3.31. The monoisotopic (exact) mass is 348 g/mol. The minimum absolute atomic E-state index is 0.0776. The normalized spacial score (nSPS) is 15.8. The van der Waals surface area contributed by atoms with E-state index in [-0.39, 0.29) is 11.9 Å². The highest BCUT2D eigenvalue weighted by molar-refractivity contribution is 5.87. The van der Waals surface area contributed by atoms with Crippen molar-refractivity contribution in [3.05, 3.63) is 78.9 Å². The molecule has 1 atom stereocenters. The summed E-state index contributed by atoms with van der Waals surface area (Å²) in [5.74, 6) is 0.0776. The van der Waals surface area contributed by atoms with E-state index in [1.807, 2.05) is 66.7 Å². The zero-order valence-electron chi connectivity index (χ0n) is 15.3. The Morgan fingerprint density at radius 2 is 1.65 bits per heavy atom. The predicted octanol–water partition coefficient (Wildman–Crippen LogP) is 4.87. The van der Waals surface area contributed by atoms with Crippen LogP contribution in [0, 0.1) is 0 Å². The van der Waals surface area contributed by atoms with Gasteiger partial charge in [-0.25, -0.2) is 0 Å². The van der Waals surface area contributed by atoms with Gasteiger partial charge in [0.05, 0.1) is 0 Å². The van der Waals surface area contributed by atoms with Crippen LogP contribution < -0.4 is 10.2 Å². The molecule has 0 unspecified atom stereocenters. The Labute approximate surface area is 156 Å². The lowest BCUT2D eigenvalue weighted by Gasteiger charge is -2.34. The number of nitrogens with zero attached hydrogens (tertiary/aromatic N) is 1. The molecule has 1 aliphatic rings. The Kier molecular flexibility index (Phi) is 6.48. The zero-order chi connectivity index (χ0) is 18.2. The van der Waals surface area contributed by atoms with Gasteiger partial charge in [-0.05, 0) is 30.5 Å². The fourth-order valence-corrected chi connectivity index (χ4v) is 3.75. The molecule has 0 aliphatic heterocycles. The topological polar surface area (TPSA) is 32.3 Å². The maximum absolute atomic E-state index is 13.3. The lowest BCUT2D eigenvalue weighted by atomic mass is 9.94. The maximum Gasteiger partial charge on any atom is 0.247 e. The van der Waals surface area contributed by atoms with Crippen LogP contribution in [0.1, 0.15) is 43.7 Å². The number of rotatable bonds is 7. The molecule has 0 saturated heterocycles. The number of amides is 1. The minimum Gasteiger partial charge on any atom is -0.352 e. The number of anilines is 1. The molecule has 3 heteroatoms. The minimum atomic E-state index is -0.362. The van der Waals surface area contributed by atoms with Crippen LogP contribution in [0.25, 0.3) is 0 Å². The molecule has 3 nitrogen and oxygen atoms in total. The zero-order valence-corrected chi connectivity index (χ0v) is 15.3. The molecule has 1 saturated carbocycles. The van der Waals surface area contributed by atoms with Crippen molar-refractivity contribution in [2.75, 3.05) is 11.4 Å². The van der Waals surface area contributed by atoms with Crippen LogP contribution >= 0.6 is 0 Å². The van der Waals surface area contributed by atoms with Crippen molar-refractivity contribution in [1.82, 2.24) is 5.32 Å². The van der Waals surface area contributed by atoms with Gasteiger partial charge in [-0.3, -0.25) is 4.79 Å². The third-order valence-corrected chi connectivity index (χ3v) is 5.04. The highest BCUT2D eigenvalue weighted by Crippen LogP contribution is 2.28. The molecule has 0 bridgehead atoms. The van der Waals surface area contributed by atoms with Crippen molar-refractivity contribution >= 4 is 11.6 Å². The first-order valence-corrected chi connectivity index (χ1v) is 9.57. The van der Waals surface area contributed by atoms with Gasteiger partial charge in [0.15, 0.2) is 0 Å². The Morgan fingerprint density at radius 3 is 2.27 bits per heavy atom. The SMILES string of the molecule is C=CCN(c1ccccc1)[C@@H](C(=O)NC1CCCCC1)c1ccccc1. The second-order valence-corrected chi connectivity index (χ2v) is 6.93. The molecule has 0 spiro atoms. The van der Waals surface area contributed by atoms with Crippen molar-refractivity contribution in [3.8, 4) is 0 Å². The van der Waals surface area contributed by atoms with Gasteiger partial charge in [-0.2, -0.15) is 0 Å². The largest absolute Gasteiger partial charge is 0.352 e. The molecule has 1 aliphatic carbocycles. The summed E-state index contributed by atoms with van der Waals surface area (Å²) < 4.78 is 0. The molecule has 1 amide bonds. The Bertz CT molecular complexity index is 693. The average molecular weight is 348 g/mol. The average Bonchev–Trinajstić information content (AvgIpc) is 2.70. The van der Waals surface area contributed by atoms with Crippen molar-refractivity contribution < 1.29 is 4.79 Å². The molecule has 1 N–H and O–H groups in total. The van der Waals surface area contributed by atoms with E-state index in [4.69, 9.17) is 0 Å². The van der Waals surface area contributed by atoms with E-state index in [1.165, 1.54) is 19.3 Å². The fourth-order valence-electron chi connectivity index (χ4n) is 3.75. The van der Waals surface area contributed by atoms with Gasteiger partial charge in [-0.1, -0.05) is 73.9 Å². The molecule has 26 heavy (non-hydrogen) atoms. The van der Waals surface area contributed by atoms with Crippen molar-refractivity contribution in [1.29, 1.82) is 0 Å². The molecule has 1 fully saturated rings. The standard InChI is InChI=1S/C23H28N2O/c1-2-18-25(21-16-10-5-11-17-21)22(19-12-6-3-7-13-19)23(26)24-20-14-8-4-9-15-20/h2-3,5-7,10-13,16-17,20,22H,1,4,8-9,14-15,18H2,(H,24,26)/t22-/m1/s1. The summed E-state index contributed by atoms with van der Waals surface area (Å²) in [6, 6.07) is 20.1. The summed E-state index contributed by atoms with van der Waals surface area (Å²) in [7, 11) is 0. The summed E-state index contributed by atoms with van der Waals surface area (Å²) in [4.78, 5) is 15.4. The lowest BCUT2D eigenvalue weighted by Crippen LogP contribution is -2.45. The first kappa shape index (κ1) is 18.2. The van der Waals surface area contributed by atoms with Crippen molar-refractivity contribution in [2.45, 2.75) is 44.2 Å². The molecule has 2 aromatic rings. The quantitative estimate of drug-likeness (QED) is 0.724. The summed E-state index contributed by atoms with van der Waals surface area (Å²) in [6.07, 6.45) is 7.71. The molecule has 3 rings (SSSR count). The first-order valence-electron chi connectivity index (χ1n) is 9.57. The van der Waals surface area contributed by atoms with E-state index in [0.29, 0.717) is 12.6 Å². The molecule has 0 aromatic heterocycles. The van der Waals surface area contributed by atoms with Crippen LogP contribution in [-0.4, -0.2) is 18.5 Å². The Morgan fingerprint density at radius 1 is 1.04 bits per heavy atom. The molecule has 0 heterocycles. The molecular formula is C23H28N2O. The Balaban J connectivity index is 1.91.